The van der Waals surface area contributed by atoms with Gasteiger partial charge in [0, 0.05) is 12.1 Å². The summed E-state index contributed by atoms with van der Waals surface area (Å²) in [5, 5.41) is 20.1. The van der Waals surface area contributed by atoms with Crippen molar-refractivity contribution in [2.75, 3.05) is 6.61 Å². The van der Waals surface area contributed by atoms with Crippen LogP contribution in [0.3, 0.4) is 0 Å². The number of hydrogen-bond donors (Lipinski definition) is 1. The minimum atomic E-state index is -0.583. The van der Waals surface area contributed by atoms with Crippen LogP contribution in [0.5, 0.6) is 11.6 Å². The Morgan fingerprint density at radius 2 is 1.79 bits per heavy atom. The third-order valence-electron chi connectivity index (χ3n) is 4.27. The number of carbonyl (C=O) groups is 1. The zero-order chi connectivity index (χ0) is 21.0. The molecule has 28 heavy (non-hydrogen) atoms. The lowest BCUT2D eigenvalue weighted by Gasteiger charge is -2.17. The molecule has 0 radical (unpaired) electrons. The quantitative estimate of drug-likeness (QED) is 0.738. The summed E-state index contributed by atoms with van der Waals surface area (Å²) in [4.78, 5) is 25.6. The van der Waals surface area contributed by atoms with Crippen LogP contribution in [0.4, 0.5) is 0 Å². The van der Waals surface area contributed by atoms with Crippen LogP contribution in [0.25, 0.3) is 0 Å². The molecule has 148 valence electrons. The monoisotopic (exact) mass is 382 g/mol. The van der Waals surface area contributed by atoms with Gasteiger partial charge in [0.25, 0.3) is 5.56 Å². The van der Waals surface area contributed by atoms with E-state index in [-0.39, 0.29) is 29.2 Å². The molecule has 0 aliphatic rings. The van der Waals surface area contributed by atoms with Crippen molar-refractivity contribution >= 4 is 5.78 Å². The third kappa shape index (κ3) is 4.42. The van der Waals surface area contributed by atoms with E-state index in [1.165, 1.54) is 6.92 Å². The van der Waals surface area contributed by atoms with E-state index in [0.717, 1.165) is 4.57 Å². The van der Waals surface area contributed by atoms with Gasteiger partial charge in [-0.25, -0.2) is 0 Å². The lowest BCUT2D eigenvalue weighted by Crippen LogP contribution is -2.28. The molecule has 6 nitrogen and oxygen atoms in total. The number of aromatic hydroxyl groups is 1. The smallest absolute Gasteiger partial charge is 0.271 e. The fraction of sp³-hybridized carbons (Fsp3) is 0.409. The van der Waals surface area contributed by atoms with Gasteiger partial charge < -0.3 is 9.84 Å². The van der Waals surface area contributed by atoms with Crippen molar-refractivity contribution in [3.63, 3.8) is 0 Å². The second kappa shape index (κ2) is 8.75. The number of ketones is 1. The number of ether oxygens (including phenoxy) is 1. The van der Waals surface area contributed by atoms with Crippen molar-refractivity contribution in [1.82, 2.24) is 4.57 Å². The average Bonchev–Trinajstić information content (AvgIpc) is 2.64. The first-order chi connectivity index (χ1) is 13.2. The molecular formula is C22H26N2O4. The van der Waals surface area contributed by atoms with Crippen molar-refractivity contribution < 1.29 is 14.6 Å². The number of aromatic nitrogens is 1. The molecule has 0 atom stereocenters. The van der Waals surface area contributed by atoms with Crippen LogP contribution >= 0.6 is 0 Å². The minimum absolute atomic E-state index is 0.0207. The first kappa shape index (κ1) is 21.2. The van der Waals surface area contributed by atoms with E-state index in [2.05, 4.69) is 0 Å². The maximum atomic E-state index is 13.1. The number of rotatable bonds is 7. The van der Waals surface area contributed by atoms with E-state index in [0.29, 0.717) is 23.8 Å². The van der Waals surface area contributed by atoms with Gasteiger partial charge >= 0.3 is 0 Å². The number of nitrogens with zero attached hydrogens (tertiary/aromatic N) is 2. The van der Waals surface area contributed by atoms with Crippen LogP contribution in [-0.2, 0) is 6.54 Å². The maximum Gasteiger partial charge on any atom is 0.271 e. The van der Waals surface area contributed by atoms with E-state index in [4.69, 9.17) is 4.74 Å². The molecule has 0 amide bonds. The van der Waals surface area contributed by atoms with Crippen molar-refractivity contribution in [3.05, 3.63) is 56.9 Å². The highest BCUT2D eigenvalue weighted by atomic mass is 16.5. The lowest BCUT2D eigenvalue weighted by atomic mass is 9.97. The molecule has 0 saturated carbocycles. The number of benzene rings is 1. The van der Waals surface area contributed by atoms with Gasteiger partial charge in [-0.1, -0.05) is 27.7 Å². The predicted octanol–water partition coefficient (Wildman–Crippen LogP) is 3.66. The van der Waals surface area contributed by atoms with Crippen molar-refractivity contribution in [2.45, 2.75) is 41.2 Å². The van der Waals surface area contributed by atoms with Gasteiger partial charge in [-0.15, -0.1) is 0 Å². The second-order valence-corrected chi connectivity index (χ2v) is 7.68. The Morgan fingerprint density at radius 1 is 1.18 bits per heavy atom. The van der Waals surface area contributed by atoms with Gasteiger partial charge in [0.05, 0.1) is 12.2 Å². The Balaban J connectivity index is 2.50. The van der Waals surface area contributed by atoms with E-state index < -0.39 is 17.2 Å². The van der Waals surface area contributed by atoms with Gasteiger partial charge in [-0.05, 0) is 48.6 Å². The second-order valence-electron chi connectivity index (χ2n) is 7.68. The largest absolute Gasteiger partial charge is 0.494 e. The number of hydrogen-bond acceptors (Lipinski definition) is 5. The summed E-state index contributed by atoms with van der Waals surface area (Å²) < 4.78 is 6.72. The summed E-state index contributed by atoms with van der Waals surface area (Å²) in [6.45, 7) is 10.1. The number of nitriles is 1. The number of pyridine rings is 1. The molecule has 1 aromatic carbocycles. The predicted molar refractivity (Wildman–Crippen MR) is 107 cm³/mol. The minimum Gasteiger partial charge on any atom is -0.494 e. The van der Waals surface area contributed by atoms with E-state index in [1.807, 2.05) is 33.8 Å². The van der Waals surface area contributed by atoms with Crippen molar-refractivity contribution in [1.29, 1.82) is 5.26 Å². The molecule has 0 aliphatic carbocycles. The number of carbonyl (C=O) groups excluding carboxylic acids is 1. The Hall–Kier alpha value is -3.07. The molecule has 0 fully saturated rings. The molecule has 0 aliphatic heterocycles. The summed E-state index contributed by atoms with van der Waals surface area (Å²) in [6.07, 6.45) is 0. The van der Waals surface area contributed by atoms with E-state index in [1.54, 1.807) is 24.3 Å². The van der Waals surface area contributed by atoms with Crippen molar-refractivity contribution in [3.8, 4) is 17.7 Å². The molecular weight excluding hydrogens is 356 g/mol. The maximum absolute atomic E-state index is 13.1. The summed E-state index contributed by atoms with van der Waals surface area (Å²) in [5.41, 5.74) is -0.199. The molecule has 0 spiro atoms. The Morgan fingerprint density at radius 3 is 2.29 bits per heavy atom. The third-order valence-corrected chi connectivity index (χ3v) is 4.27. The lowest BCUT2D eigenvalue weighted by molar-refractivity contribution is 0.103. The van der Waals surface area contributed by atoms with E-state index in [9.17, 15) is 20.0 Å². The SMILES string of the molecule is Cc1c(C(=O)c2ccc(OCC(C)C)cc2)c(O)n(CC(C)C)c(=O)c1C#N. The molecule has 1 N–H and O–H groups in total. The summed E-state index contributed by atoms with van der Waals surface area (Å²) in [6, 6.07) is 8.48. The molecule has 1 heterocycles. The Labute approximate surface area is 165 Å². The summed E-state index contributed by atoms with van der Waals surface area (Å²) in [5.74, 6) is 0.235. The normalized spacial score (nSPS) is 10.9. The van der Waals surface area contributed by atoms with Gasteiger partial charge in [-0.3, -0.25) is 14.2 Å². The molecule has 0 unspecified atom stereocenters. The molecule has 2 aromatic rings. The Kier molecular flexibility index (Phi) is 6.63. The van der Waals surface area contributed by atoms with Gasteiger partial charge in [0.1, 0.15) is 17.4 Å². The zero-order valence-electron chi connectivity index (χ0n) is 16.9. The average molecular weight is 382 g/mol. The van der Waals surface area contributed by atoms with Gasteiger partial charge in [0.15, 0.2) is 5.78 Å². The topological polar surface area (TPSA) is 92.3 Å². The highest BCUT2D eigenvalue weighted by molar-refractivity contribution is 6.11. The highest BCUT2D eigenvalue weighted by Gasteiger charge is 2.25. The van der Waals surface area contributed by atoms with E-state index >= 15 is 0 Å². The van der Waals surface area contributed by atoms with Gasteiger partial charge in [-0.2, -0.15) is 5.26 Å². The Bertz CT molecular complexity index is 964. The van der Waals surface area contributed by atoms with Crippen LogP contribution in [0.15, 0.2) is 29.1 Å². The van der Waals surface area contributed by atoms with Crippen LogP contribution < -0.4 is 10.3 Å². The summed E-state index contributed by atoms with van der Waals surface area (Å²) in [7, 11) is 0. The highest BCUT2D eigenvalue weighted by Crippen LogP contribution is 2.26. The fourth-order valence-corrected chi connectivity index (χ4v) is 2.87. The van der Waals surface area contributed by atoms with Crippen molar-refractivity contribution in [2.24, 2.45) is 11.8 Å². The fourth-order valence-electron chi connectivity index (χ4n) is 2.87. The first-order valence-electron chi connectivity index (χ1n) is 9.31. The van der Waals surface area contributed by atoms with Crippen LogP contribution in [0, 0.1) is 30.1 Å². The molecule has 0 bridgehead atoms. The molecule has 1 aromatic heterocycles. The van der Waals surface area contributed by atoms with Crippen LogP contribution in [-0.4, -0.2) is 22.1 Å². The molecule has 0 saturated heterocycles. The van der Waals surface area contributed by atoms with Gasteiger partial charge in [0.2, 0.25) is 5.88 Å². The first-order valence-corrected chi connectivity index (χ1v) is 9.31. The summed E-state index contributed by atoms with van der Waals surface area (Å²) >= 11 is 0. The molecule has 6 heteroatoms. The van der Waals surface area contributed by atoms with Crippen LogP contribution in [0.1, 0.15) is 54.7 Å². The standard InChI is InChI=1S/C22H26N2O4/c1-13(2)11-24-21(26)18(10-23)15(5)19(22(24)27)20(25)16-6-8-17(9-7-16)28-12-14(3)4/h6-9,13-14,27H,11-12H2,1-5H3. The zero-order valence-corrected chi connectivity index (χ0v) is 16.9. The van der Waals surface area contributed by atoms with Crippen LogP contribution in [0.2, 0.25) is 0 Å². The molecule has 2 rings (SSSR count).